The van der Waals surface area contributed by atoms with E-state index in [4.69, 9.17) is 5.73 Å². The van der Waals surface area contributed by atoms with Crippen molar-refractivity contribution >= 4 is 17.5 Å². The predicted octanol–water partition coefficient (Wildman–Crippen LogP) is 3.91. The van der Waals surface area contributed by atoms with Crippen molar-refractivity contribution in [2.45, 2.75) is 58.1 Å². The molecular formula is C18H30N2OS. The van der Waals surface area contributed by atoms with Crippen LogP contribution in [0.25, 0.3) is 0 Å². The van der Waals surface area contributed by atoms with Gasteiger partial charge in [-0.1, -0.05) is 26.3 Å². The van der Waals surface area contributed by atoms with Crippen molar-refractivity contribution in [1.29, 1.82) is 0 Å². The fourth-order valence-electron chi connectivity index (χ4n) is 3.80. The number of carbonyl (C=O) groups is 1. The van der Waals surface area contributed by atoms with Crippen molar-refractivity contribution in [3.8, 4) is 0 Å². The van der Waals surface area contributed by atoms with Gasteiger partial charge in [0.2, 0.25) is 0 Å². The highest BCUT2D eigenvalue weighted by molar-refractivity contribution is 8.04. The van der Waals surface area contributed by atoms with Crippen molar-refractivity contribution in [3.63, 3.8) is 0 Å². The largest absolute Gasteiger partial charge is 0.340 e. The van der Waals surface area contributed by atoms with Gasteiger partial charge in [-0.05, 0) is 39.0 Å². The van der Waals surface area contributed by atoms with E-state index < -0.39 is 0 Å². The number of ketones is 1. The summed E-state index contributed by atoms with van der Waals surface area (Å²) in [5.74, 6) is 1.21. The lowest BCUT2D eigenvalue weighted by Gasteiger charge is -2.29. The number of hydrogen-bond acceptors (Lipinski definition) is 4. The molecule has 2 rings (SSSR count). The average molecular weight is 323 g/mol. The van der Waals surface area contributed by atoms with E-state index in [0.717, 1.165) is 35.2 Å². The van der Waals surface area contributed by atoms with Crippen molar-refractivity contribution in [1.82, 2.24) is 4.90 Å². The molecule has 1 saturated carbocycles. The molecule has 0 spiro atoms. The van der Waals surface area contributed by atoms with E-state index in [0.29, 0.717) is 11.8 Å². The highest BCUT2D eigenvalue weighted by Crippen LogP contribution is 2.46. The minimum Gasteiger partial charge on any atom is -0.340 e. The molecule has 22 heavy (non-hydrogen) atoms. The SMILES string of the molecule is C=C(C)N(CC1CCCC1)C1=C(C(C)=O)C(CC)C(CN)S1. The summed E-state index contributed by atoms with van der Waals surface area (Å²) in [6, 6.07) is 0. The molecule has 124 valence electrons. The summed E-state index contributed by atoms with van der Waals surface area (Å²) in [7, 11) is 0. The van der Waals surface area contributed by atoms with Crippen LogP contribution in [0.4, 0.5) is 0 Å². The lowest BCUT2D eigenvalue weighted by Crippen LogP contribution is -2.26. The van der Waals surface area contributed by atoms with E-state index >= 15 is 0 Å². The summed E-state index contributed by atoms with van der Waals surface area (Å²) in [5.41, 5.74) is 8.00. The average Bonchev–Trinajstić information content (AvgIpc) is 3.10. The molecule has 1 heterocycles. The van der Waals surface area contributed by atoms with E-state index in [2.05, 4.69) is 25.3 Å². The first-order valence-corrected chi connectivity index (χ1v) is 9.42. The number of hydrogen-bond donors (Lipinski definition) is 1. The van der Waals surface area contributed by atoms with Crippen LogP contribution < -0.4 is 5.73 Å². The molecule has 1 fully saturated rings. The fourth-order valence-corrected chi connectivity index (χ4v) is 5.45. The van der Waals surface area contributed by atoms with Crippen LogP contribution in [0.1, 0.15) is 52.9 Å². The smallest absolute Gasteiger partial charge is 0.158 e. The Morgan fingerprint density at radius 1 is 1.36 bits per heavy atom. The Labute approximate surface area is 139 Å². The first-order valence-electron chi connectivity index (χ1n) is 8.54. The van der Waals surface area contributed by atoms with E-state index in [1.54, 1.807) is 18.7 Å². The molecule has 2 unspecified atom stereocenters. The zero-order valence-electron chi connectivity index (χ0n) is 14.2. The van der Waals surface area contributed by atoms with Gasteiger partial charge in [-0.25, -0.2) is 0 Å². The molecule has 0 aromatic carbocycles. The second-order valence-corrected chi connectivity index (χ2v) is 7.91. The van der Waals surface area contributed by atoms with Gasteiger partial charge in [-0.2, -0.15) is 0 Å². The maximum Gasteiger partial charge on any atom is 0.158 e. The number of nitrogens with two attached hydrogens (primary N) is 1. The number of Topliss-reactive ketones (excluding diaryl/α,β-unsaturated/α-hetero) is 1. The molecule has 0 amide bonds. The van der Waals surface area contributed by atoms with Crippen LogP contribution in [0.5, 0.6) is 0 Å². The minimum absolute atomic E-state index is 0.197. The summed E-state index contributed by atoms with van der Waals surface area (Å²) >= 11 is 1.80. The van der Waals surface area contributed by atoms with Crippen LogP contribution in [-0.4, -0.2) is 29.0 Å². The van der Waals surface area contributed by atoms with E-state index in [9.17, 15) is 4.79 Å². The molecule has 0 saturated heterocycles. The lowest BCUT2D eigenvalue weighted by atomic mass is 9.90. The lowest BCUT2D eigenvalue weighted by molar-refractivity contribution is -0.114. The number of allylic oxidation sites excluding steroid dienone is 2. The maximum atomic E-state index is 12.3. The van der Waals surface area contributed by atoms with Crippen molar-refractivity contribution < 1.29 is 4.79 Å². The quantitative estimate of drug-likeness (QED) is 0.772. The molecule has 0 radical (unpaired) electrons. The molecular weight excluding hydrogens is 292 g/mol. The summed E-state index contributed by atoms with van der Waals surface area (Å²) in [6.45, 7) is 11.7. The number of carbonyl (C=O) groups excluding carboxylic acids is 1. The molecule has 3 nitrogen and oxygen atoms in total. The molecule has 2 atom stereocenters. The van der Waals surface area contributed by atoms with Crippen LogP contribution in [0.2, 0.25) is 0 Å². The Hall–Kier alpha value is -0.740. The van der Waals surface area contributed by atoms with Gasteiger partial charge in [0.1, 0.15) is 0 Å². The Morgan fingerprint density at radius 2 is 2.00 bits per heavy atom. The standard InChI is InChI=1S/C18H30N2OS/c1-5-15-16(10-19)22-18(17(15)13(4)21)20(12(2)3)11-14-8-6-7-9-14/h14-16H,2,5-11,19H2,1,3-4H3. The summed E-state index contributed by atoms with van der Waals surface area (Å²) in [5, 5.41) is 1.46. The van der Waals surface area contributed by atoms with E-state index in [1.807, 2.05) is 0 Å². The van der Waals surface area contributed by atoms with Gasteiger partial charge in [0.25, 0.3) is 0 Å². The van der Waals surface area contributed by atoms with Gasteiger partial charge in [-0.3, -0.25) is 4.79 Å². The Kier molecular flexibility index (Phi) is 6.16. The fraction of sp³-hybridized carbons (Fsp3) is 0.722. The second kappa shape index (κ2) is 7.69. The van der Waals surface area contributed by atoms with Crippen LogP contribution >= 0.6 is 11.8 Å². The molecule has 0 bridgehead atoms. The van der Waals surface area contributed by atoms with Crippen LogP contribution in [0.3, 0.4) is 0 Å². The first-order chi connectivity index (χ1) is 10.5. The van der Waals surface area contributed by atoms with Gasteiger partial charge in [0, 0.05) is 35.5 Å². The predicted molar refractivity (Wildman–Crippen MR) is 95.4 cm³/mol. The van der Waals surface area contributed by atoms with Crippen LogP contribution in [-0.2, 0) is 4.79 Å². The molecule has 0 aromatic rings. The van der Waals surface area contributed by atoms with E-state index in [-0.39, 0.29) is 11.7 Å². The summed E-state index contributed by atoms with van der Waals surface area (Å²) in [4.78, 5) is 14.6. The van der Waals surface area contributed by atoms with Crippen LogP contribution in [0, 0.1) is 11.8 Å². The second-order valence-electron chi connectivity index (χ2n) is 6.68. The summed E-state index contributed by atoms with van der Waals surface area (Å²) < 4.78 is 0. The van der Waals surface area contributed by atoms with Gasteiger partial charge < -0.3 is 10.6 Å². The Bertz CT molecular complexity index is 466. The highest BCUT2D eigenvalue weighted by atomic mass is 32.2. The topological polar surface area (TPSA) is 46.3 Å². The van der Waals surface area contributed by atoms with Gasteiger partial charge in [-0.15, -0.1) is 11.8 Å². The monoisotopic (exact) mass is 322 g/mol. The third kappa shape index (κ3) is 3.60. The molecule has 2 aliphatic rings. The Morgan fingerprint density at radius 3 is 2.45 bits per heavy atom. The van der Waals surface area contributed by atoms with Gasteiger partial charge in [0.15, 0.2) is 5.78 Å². The molecule has 4 heteroatoms. The van der Waals surface area contributed by atoms with Crippen molar-refractivity contribution in [2.24, 2.45) is 17.6 Å². The zero-order valence-corrected chi connectivity index (χ0v) is 15.0. The molecule has 0 aromatic heterocycles. The molecule has 1 aliphatic heterocycles. The van der Waals surface area contributed by atoms with Crippen molar-refractivity contribution in [2.75, 3.05) is 13.1 Å². The number of rotatable bonds is 7. The molecule has 1 aliphatic carbocycles. The van der Waals surface area contributed by atoms with Gasteiger partial charge >= 0.3 is 0 Å². The maximum absolute atomic E-state index is 12.3. The number of thioether (sulfide) groups is 1. The third-order valence-corrected chi connectivity index (χ3v) is 6.47. The highest BCUT2D eigenvalue weighted by Gasteiger charge is 2.38. The minimum atomic E-state index is 0.197. The van der Waals surface area contributed by atoms with Gasteiger partial charge in [0.05, 0.1) is 5.03 Å². The zero-order chi connectivity index (χ0) is 16.3. The number of nitrogens with zero attached hydrogens (tertiary/aromatic N) is 1. The molecule has 2 N–H and O–H groups in total. The van der Waals surface area contributed by atoms with Crippen LogP contribution in [0.15, 0.2) is 22.9 Å². The summed E-state index contributed by atoms with van der Waals surface area (Å²) in [6.07, 6.45) is 6.25. The van der Waals surface area contributed by atoms with Crippen molar-refractivity contribution in [3.05, 3.63) is 22.9 Å². The van der Waals surface area contributed by atoms with E-state index in [1.165, 1.54) is 25.7 Å². The third-order valence-electron chi connectivity index (χ3n) is 4.99. The Balaban J connectivity index is 2.31. The first kappa shape index (κ1) is 17.6. The normalized spacial score (nSPS) is 25.8.